The summed E-state index contributed by atoms with van der Waals surface area (Å²) in [6, 6.07) is 5.93. The van der Waals surface area contributed by atoms with Crippen molar-refractivity contribution in [2.75, 3.05) is 30.0 Å². The Kier molecular flexibility index (Phi) is 7.70. The van der Waals surface area contributed by atoms with Gasteiger partial charge in [0.2, 0.25) is 5.88 Å². The fourth-order valence-electron chi connectivity index (χ4n) is 4.52. The van der Waals surface area contributed by atoms with Crippen molar-refractivity contribution < 1.29 is 27.0 Å². The Morgan fingerprint density at radius 3 is 2.53 bits per heavy atom. The van der Waals surface area contributed by atoms with Crippen LogP contribution in [0.4, 0.5) is 14.6 Å². The number of aryl methyl sites for hydroxylation is 1. The predicted octanol–water partition coefficient (Wildman–Crippen LogP) is 4.34. The minimum absolute atomic E-state index is 0.00764. The molecular weight excluding hydrogens is 490 g/mol. The quantitative estimate of drug-likeness (QED) is 0.451. The highest BCUT2D eigenvalue weighted by atomic mass is 32.2. The molecule has 8 nitrogen and oxygen atoms in total. The summed E-state index contributed by atoms with van der Waals surface area (Å²) in [5, 5.41) is 13.1. The zero-order chi connectivity index (χ0) is 26.0. The van der Waals surface area contributed by atoms with Crippen molar-refractivity contribution in [1.29, 1.82) is 0 Å². The number of hydrogen-bond donors (Lipinski definition) is 2. The van der Waals surface area contributed by atoms with Crippen molar-refractivity contribution in [2.45, 2.75) is 51.7 Å². The fraction of sp³-hybridized carbons (Fsp3) is 0.480. The summed E-state index contributed by atoms with van der Waals surface area (Å²) in [4.78, 5) is 13.5. The summed E-state index contributed by atoms with van der Waals surface area (Å²) in [5.74, 6) is 0.591. The Morgan fingerprint density at radius 1 is 1.17 bits per heavy atom. The van der Waals surface area contributed by atoms with E-state index >= 15 is 0 Å². The summed E-state index contributed by atoms with van der Waals surface area (Å²) in [6.45, 7) is 4.59. The fourth-order valence-corrected chi connectivity index (χ4v) is 6.01. The van der Waals surface area contributed by atoms with E-state index in [0.717, 1.165) is 0 Å². The van der Waals surface area contributed by atoms with Crippen LogP contribution < -0.4 is 10.1 Å². The number of fused-ring (bicyclic) bond motifs is 1. The molecule has 0 aliphatic carbocycles. The highest BCUT2D eigenvalue weighted by Gasteiger charge is 2.29. The monoisotopic (exact) mass is 520 g/mol. The second-order valence-electron chi connectivity index (χ2n) is 9.10. The summed E-state index contributed by atoms with van der Waals surface area (Å²) < 4.78 is 58.5. The molecule has 194 valence electrons. The molecule has 3 aromatic rings. The standard InChI is InChI=1S/C25H30F2N4O4S/c1-14(26)18-5-4-6-19(22(18)27)15(2)28-23-21-13-20(17-7-11-36(33,34)12-8-17)25(35-10-9-32)31-24(21)30-16(3)29-23/h4-6,13-15,17,32H,7-12H2,1-3H3,(H,28,29,30,31)/t14?,15-/m1/s1. The lowest BCUT2D eigenvalue weighted by Gasteiger charge is -2.25. The third-order valence-corrected chi connectivity index (χ3v) is 8.14. The number of aliphatic hydroxyl groups excluding tert-OH is 1. The Hall–Kier alpha value is -2.92. The van der Waals surface area contributed by atoms with E-state index in [1.54, 1.807) is 26.0 Å². The van der Waals surface area contributed by atoms with Crippen LogP contribution in [0.3, 0.4) is 0 Å². The minimum Gasteiger partial charge on any atom is -0.475 e. The molecule has 1 aliphatic heterocycles. The number of nitrogens with one attached hydrogen (secondary N) is 1. The summed E-state index contributed by atoms with van der Waals surface area (Å²) in [6.07, 6.45) is -0.588. The molecule has 1 unspecified atom stereocenters. The molecule has 0 amide bonds. The highest BCUT2D eigenvalue weighted by Crippen LogP contribution is 2.38. The molecule has 0 radical (unpaired) electrons. The maximum absolute atomic E-state index is 15.0. The number of hydrogen-bond acceptors (Lipinski definition) is 8. The van der Waals surface area contributed by atoms with Gasteiger partial charge in [0, 0.05) is 16.7 Å². The van der Waals surface area contributed by atoms with Crippen molar-refractivity contribution in [3.8, 4) is 5.88 Å². The molecule has 2 aromatic heterocycles. The van der Waals surface area contributed by atoms with Crippen molar-refractivity contribution >= 4 is 26.7 Å². The van der Waals surface area contributed by atoms with Gasteiger partial charge in [-0.05, 0) is 45.6 Å². The summed E-state index contributed by atoms with van der Waals surface area (Å²) in [5.41, 5.74) is 1.36. The van der Waals surface area contributed by atoms with Gasteiger partial charge in [0.1, 0.15) is 40.1 Å². The number of anilines is 1. The highest BCUT2D eigenvalue weighted by molar-refractivity contribution is 7.91. The molecule has 3 heterocycles. The first kappa shape index (κ1) is 26.2. The molecular formula is C25H30F2N4O4S. The number of nitrogens with zero attached hydrogens (tertiary/aromatic N) is 3. The van der Waals surface area contributed by atoms with Crippen LogP contribution in [0.1, 0.15) is 67.3 Å². The molecule has 1 aliphatic rings. The average molecular weight is 521 g/mol. The smallest absolute Gasteiger partial charge is 0.218 e. The number of halogens is 2. The van der Waals surface area contributed by atoms with E-state index in [0.29, 0.717) is 52.5 Å². The van der Waals surface area contributed by atoms with Crippen LogP contribution in [0.5, 0.6) is 5.88 Å². The van der Waals surface area contributed by atoms with Gasteiger partial charge >= 0.3 is 0 Å². The second kappa shape index (κ2) is 10.6. The van der Waals surface area contributed by atoms with Crippen LogP contribution in [0, 0.1) is 12.7 Å². The number of benzene rings is 1. The van der Waals surface area contributed by atoms with Gasteiger partial charge in [0.15, 0.2) is 5.65 Å². The Bertz CT molecular complexity index is 1350. The molecule has 1 aromatic carbocycles. The lowest BCUT2D eigenvalue weighted by atomic mass is 9.93. The van der Waals surface area contributed by atoms with Gasteiger partial charge in [-0.3, -0.25) is 0 Å². The number of ether oxygens (including phenoxy) is 1. The van der Waals surface area contributed by atoms with Crippen LogP contribution in [0.2, 0.25) is 0 Å². The van der Waals surface area contributed by atoms with Crippen LogP contribution in [0.25, 0.3) is 11.0 Å². The Labute approximate surface area is 209 Å². The van der Waals surface area contributed by atoms with Crippen LogP contribution >= 0.6 is 0 Å². The first-order valence-electron chi connectivity index (χ1n) is 11.9. The van der Waals surface area contributed by atoms with Gasteiger partial charge in [-0.15, -0.1) is 0 Å². The number of aromatic nitrogens is 3. The first-order valence-corrected chi connectivity index (χ1v) is 13.7. The zero-order valence-electron chi connectivity index (χ0n) is 20.5. The normalized spacial score (nSPS) is 17.6. The van der Waals surface area contributed by atoms with Crippen molar-refractivity contribution in [1.82, 2.24) is 15.0 Å². The molecule has 11 heteroatoms. The zero-order valence-corrected chi connectivity index (χ0v) is 21.3. The van der Waals surface area contributed by atoms with Gasteiger partial charge < -0.3 is 15.2 Å². The molecule has 2 N–H and O–H groups in total. The number of alkyl halides is 1. The van der Waals surface area contributed by atoms with Crippen molar-refractivity contribution in [3.63, 3.8) is 0 Å². The average Bonchev–Trinajstić information content (AvgIpc) is 2.82. The Morgan fingerprint density at radius 2 is 1.86 bits per heavy atom. The van der Waals surface area contributed by atoms with E-state index in [1.807, 2.05) is 6.07 Å². The number of aliphatic hydroxyl groups is 1. The van der Waals surface area contributed by atoms with Gasteiger partial charge in [0.05, 0.1) is 29.5 Å². The SMILES string of the molecule is Cc1nc(N[C@H](C)c2cccc(C(C)F)c2F)c2cc(C3CCS(=O)(=O)CC3)c(OCCO)nc2n1. The third-order valence-electron chi connectivity index (χ3n) is 6.42. The predicted molar refractivity (Wildman–Crippen MR) is 133 cm³/mol. The molecule has 4 rings (SSSR count). The topological polar surface area (TPSA) is 114 Å². The number of pyridine rings is 1. The van der Waals surface area contributed by atoms with Gasteiger partial charge in [-0.25, -0.2) is 27.2 Å². The minimum atomic E-state index is -3.07. The Balaban J connectivity index is 1.76. The van der Waals surface area contributed by atoms with Gasteiger partial charge in [0.25, 0.3) is 0 Å². The van der Waals surface area contributed by atoms with Crippen molar-refractivity contribution in [2.24, 2.45) is 0 Å². The van der Waals surface area contributed by atoms with Crippen LogP contribution in [0.15, 0.2) is 24.3 Å². The molecule has 1 fully saturated rings. The van der Waals surface area contributed by atoms with Crippen molar-refractivity contribution in [3.05, 3.63) is 52.6 Å². The molecule has 0 saturated carbocycles. The van der Waals surface area contributed by atoms with E-state index < -0.39 is 27.9 Å². The molecule has 36 heavy (non-hydrogen) atoms. The summed E-state index contributed by atoms with van der Waals surface area (Å²) >= 11 is 0. The lowest BCUT2D eigenvalue weighted by Crippen LogP contribution is -2.23. The maximum Gasteiger partial charge on any atom is 0.218 e. The van der Waals surface area contributed by atoms with E-state index in [2.05, 4.69) is 20.3 Å². The molecule has 2 atom stereocenters. The van der Waals surface area contributed by atoms with E-state index in [4.69, 9.17) is 4.74 Å². The van der Waals surface area contributed by atoms with Gasteiger partial charge in [-0.2, -0.15) is 4.98 Å². The number of sulfone groups is 1. The molecule has 0 spiro atoms. The van der Waals surface area contributed by atoms with E-state index in [9.17, 15) is 22.3 Å². The lowest BCUT2D eigenvalue weighted by molar-refractivity contribution is 0.195. The number of rotatable bonds is 8. The van der Waals surface area contributed by atoms with E-state index in [-0.39, 0.29) is 36.2 Å². The molecule has 0 bridgehead atoms. The van der Waals surface area contributed by atoms with Crippen LogP contribution in [-0.4, -0.2) is 53.2 Å². The van der Waals surface area contributed by atoms with Gasteiger partial charge in [-0.1, -0.05) is 18.2 Å². The summed E-state index contributed by atoms with van der Waals surface area (Å²) in [7, 11) is -3.07. The van der Waals surface area contributed by atoms with E-state index in [1.165, 1.54) is 13.0 Å². The third kappa shape index (κ3) is 5.57. The maximum atomic E-state index is 15.0. The largest absolute Gasteiger partial charge is 0.475 e. The molecule has 1 saturated heterocycles. The van der Waals surface area contributed by atoms with Crippen LogP contribution in [-0.2, 0) is 9.84 Å². The first-order chi connectivity index (χ1) is 17.1. The second-order valence-corrected chi connectivity index (χ2v) is 11.4.